The van der Waals surface area contributed by atoms with E-state index in [-0.39, 0.29) is 11.7 Å². The second-order valence-electron chi connectivity index (χ2n) is 4.64. The molecular weight excluding hydrogens is 266 g/mol. The van der Waals surface area contributed by atoms with Crippen LogP contribution in [0, 0.1) is 5.41 Å². The van der Waals surface area contributed by atoms with Crippen LogP contribution in [0.5, 0.6) is 0 Å². The number of nitrogen functional groups attached to an aromatic ring is 3. The molecule has 0 heterocycles. The molecule has 0 fully saturated rings. The normalized spacial score (nSPS) is 10.1. The molecule has 0 saturated carbocycles. The SMILES string of the molecule is N=C(N)c1cc(C(=O)NCc2cccc(N)c2)ccc1N. The number of nitrogens with two attached hydrogens (primary N) is 3. The fraction of sp³-hybridized carbons (Fsp3) is 0.0667. The maximum atomic E-state index is 12.1. The van der Waals surface area contributed by atoms with E-state index in [0.29, 0.717) is 29.0 Å². The lowest BCUT2D eigenvalue weighted by molar-refractivity contribution is 0.0951. The minimum atomic E-state index is -0.264. The van der Waals surface area contributed by atoms with Gasteiger partial charge in [0.2, 0.25) is 0 Å². The molecular formula is C15H17N5O. The largest absolute Gasteiger partial charge is 0.399 e. The van der Waals surface area contributed by atoms with Crippen LogP contribution in [0.4, 0.5) is 11.4 Å². The third kappa shape index (κ3) is 3.50. The molecule has 0 aliphatic carbocycles. The Balaban J connectivity index is 2.10. The monoisotopic (exact) mass is 283 g/mol. The van der Waals surface area contributed by atoms with E-state index in [0.717, 1.165) is 5.56 Å². The summed E-state index contributed by atoms with van der Waals surface area (Å²) in [6.45, 7) is 0.365. The molecule has 1 amide bonds. The maximum Gasteiger partial charge on any atom is 0.251 e. The Kier molecular flexibility index (Phi) is 4.08. The molecule has 2 aromatic carbocycles. The summed E-state index contributed by atoms with van der Waals surface area (Å²) in [6, 6.07) is 11.9. The summed E-state index contributed by atoms with van der Waals surface area (Å²) in [6.07, 6.45) is 0. The minimum Gasteiger partial charge on any atom is -0.399 e. The van der Waals surface area contributed by atoms with E-state index in [1.54, 1.807) is 24.3 Å². The van der Waals surface area contributed by atoms with Gasteiger partial charge in [-0.3, -0.25) is 10.2 Å². The van der Waals surface area contributed by atoms with Crippen LogP contribution in [0.25, 0.3) is 0 Å². The van der Waals surface area contributed by atoms with Gasteiger partial charge in [-0.2, -0.15) is 0 Å². The summed E-state index contributed by atoms with van der Waals surface area (Å²) in [5.41, 5.74) is 19.5. The molecule has 0 aliphatic rings. The fourth-order valence-corrected chi connectivity index (χ4v) is 1.92. The first-order chi connectivity index (χ1) is 9.97. The van der Waals surface area contributed by atoms with Crippen molar-refractivity contribution < 1.29 is 4.79 Å². The predicted octanol–water partition coefficient (Wildman–Crippen LogP) is 1.07. The van der Waals surface area contributed by atoms with Crippen LogP contribution in [0.15, 0.2) is 42.5 Å². The van der Waals surface area contributed by atoms with Crippen molar-refractivity contribution in [1.29, 1.82) is 5.41 Å². The van der Waals surface area contributed by atoms with E-state index in [2.05, 4.69) is 5.32 Å². The van der Waals surface area contributed by atoms with Crippen molar-refractivity contribution in [2.75, 3.05) is 11.5 Å². The second kappa shape index (κ2) is 5.96. The van der Waals surface area contributed by atoms with E-state index in [4.69, 9.17) is 22.6 Å². The number of carbonyl (C=O) groups excluding carboxylic acids is 1. The van der Waals surface area contributed by atoms with Gasteiger partial charge in [0.15, 0.2) is 0 Å². The molecule has 0 atom stereocenters. The van der Waals surface area contributed by atoms with Gasteiger partial charge in [-0.05, 0) is 35.9 Å². The first kappa shape index (κ1) is 14.4. The number of nitrogens with one attached hydrogen (secondary N) is 2. The van der Waals surface area contributed by atoms with Gasteiger partial charge < -0.3 is 22.5 Å². The molecule has 0 aliphatic heterocycles. The van der Waals surface area contributed by atoms with Gasteiger partial charge in [0.25, 0.3) is 5.91 Å². The van der Waals surface area contributed by atoms with E-state index in [1.165, 1.54) is 6.07 Å². The first-order valence-corrected chi connectivity index (χ1v) is 6.34. The van der Waals surface area contributed by atoms with Crippen molar-refractivity contribution in [3.8, 4) is 0 Å². The molecule has 8 N–H and O–H groups in total. The van der Waals surface area contributed by atoms with Gasteiger partial charge in [0.05, 0.1) is 0 Å². The second-order valence-corrected chi connectivity index (χ2v) is 4.64. The van der Waals surface area contributed by atoms with Crippen LogP contribution >= 0.6 is 0 Å². The van der Waals surface area contributed by atoms with Crippen LogP contribution in [0.1, 0.15) is 21.5 Å². The van der Waals surface area contributed by atoms with Crippen molar-refractivity contribution in [1.82, 2.24) is 5.32 Å². The predicted molar refractivity (Wildman–Crippen MR) is 83.9 cm³/mol. The zero-order valence-corrected chi connectivity index (χ0v) is 11.4. The molecule has 0 saturated heterocycles. The smallest absolute Gasteiger partial charge is 0.251 e. The average Bonchev–Trinajstić information content (AvgIpc) is 2.45. The number of amidine groups is 1. The Morgan fingerprint density at radius 2 is 1.90 bits per heavy atom. The Labute approximate surface area is 122 Å². The third-order valence-corrected chi connectivity index (χ3v) is 3.01. The topological polar surface area (TPSA) is 131 Å². The summed E-state index contributed by atoms with van der Waals surface area (Å²) >= 11 is 0. The average molecular weight is 283 g/mol. The molecule has 21 heavy (non-hydrogen) atoms. The van der Waals surface area contributed by atoms with Crippen LogP contribution in [-0.4, -0.2) is 11.7 Å². The van der Waals surface area contributed by atoms with Crippen LogP contribution in [0.3, 0.4) is 0 Å². The number of carbonyl (C=O) groups is 1. The van der Waals surface area contributed by atoms with Crippen molar-refractivity contribution in [2.45, 2.75) is 6.54 Å². The van der Waals surface area contributed by atoms with E-state index >= 15 is 0 Å². The molecule has 6 nitrogen and oxygen atoms in total. The van der Waals surface area contributed by atoms with Gasteiger partial charge in [-0.25, -0.2) is 0 Å². The highest BCUT2D eigenvalue weighted by Crippen LogP contribution is 2.14. The molecule has 0 radical (unpaired) electrons. The van der Waals surface area contributed by atoms with Gasteiger partial charge >= 0.3 is 0 Å². The highest BCUT2D eigenvalue weighted by molar-refractivity contribution is 6.03. The Hall–Kier alpha value is -3.02. The standard InChI is InChI=1S/C15H17N5O/c16-11-3-1-2-9(6-11)8-20-15(21)10-4-5-13(17)12(7-10)14(18)19/h1-7H,8,16-17H2,(H3,18,19)(H,20,21). The Morgan fingerprint density at radius 1 is 1.14 bits per heavy atom. The fourth-order valence-electron chi connectivity index (χ4n) is 1.92. The first-order valence-electron chi connectivity index (χ1n) is 6.34. The summed E-state index contributed by atoms with van der Waals surface area (Å²) < 4.78 is 0. The zero-order chi connectivity index (χ0) is 15.4. The Morgan fingerprint density at radius 3 is 2.57 bits per heavy atom. The van der Waals surface area contributed by atoms with E-state index < -0.39 is 0 Å². The number of hydrogen-bond acceptors (Lipinski definition) is 4. The lowest BCUT2D eigenvalue weighted by Crippen LogP contribution is -2.24. The maximum absolute atomic E-state index is 12.1. The van der Waals surface area contributed by atoms with Crippen LogP contribution in [0.2, 0.25) is 0 Å². The number of benzene rings is 2. The van der Waals surface area contributed by atoms with Crippen molar-refractivity contribution in [2.24, 2.45) is 5.73 Å². The Bertz CT molecular complexity index is 696. The van der Waals surface area contributed by atoms with Crippen LogP contribution < -0.4 is 22.5 Å². The third-order valence-electron chi connectivity index (χ3n) is 3.01. The highest BCUT2D eigenvalue weighted by Gasteiger charge is 2.10. The zero-order valence-electron chi connectivity index (χ0n) is 11.4. The molecule has 2 aromatic rings. The van der Waals surface area contributed by atoms with Gasteiger partial charge in [-0.1, -0.05) is 12.1 Å². The molecule has 2 rings (SSSR count). The highest BCUT2D eigenvalue weighted by atomic mass is 16.1. The number of anilines is 2. The summed E-state index contributed by atoms with van der Waals surface area (Å²) in [7, 11) is 0. The molecule has 0 aromatic heterocycles. The quantitative estimate of drug-likeness (QED) is 0.326. The molecule has 6 heteroatoms. The summed E-state index contributed by atoms with van der Waals surface area (Å²) in [5, 5.41) is 10.2. The molecule has 0 unspecified atom stereocenters. The summed E-state index contributed by atoms with van der Waals surface area (Å²) in [4.78, 5) is 12.1. The van der Waals surface area contributed by atoms with Crippen molar-refractivity contribution in [3.05, 3.63) is 59.2 Å². The molecule has 0 bridgehead atoms. The van der Waals surface area contributed by atoms with Crippen molar-refractivity contribution >= 4 is 23.1 Å². The van der Waals surface area contributed by atoms with Crippen molar-refractivity contribution in [3.63, 3.8) is 0 Å². The van der Waals surface area contributed by atoms with E-state index in [1.807, 2.05) is 12.1 Å². The molecule has 108 valence electrons. The number of amides is 1. The van der Waals surface area contributed by atoms with Crippen LogP contribution in [-0.2, 0) is 6.54 Å². The minimum absolute atomic E-state index is 0.169. The molecule has 0 spiro atoms. The number of hydrogen-bond donors (Lipinski definition) is 5. The number of rotatable bonds is 4. The lowest BCUT2D eigenvalue weighted by atomic mass is 10.1. The van der Waals surface area contributed by atoms with E-state index in [9.17, 15) is 4.79 Å². The summed E-state index contributed by atoms with van der Waals surface area (Å²) in [5.74, 6) is -0.432. The van der Waals surface area contributed by atoms with Gasteiger partial charge in [0.1, 0.15) is 5.84 Å². The lowest BCUT2D eigenvalue weighted by Gasteiger charge is -2.09. The van der Waals surface area contributed by atoms with Gasteiger partial charge in [0, 0.05) is 29.0 Å². The van der Waals surface area contributed by atoms with Gasteiger partial charge in [-0.15, -0.1) is 0 Å².